The maximum absolute atomic E-state index is 12.1. The number of β-lactam (4-membered cyclic amide) rings is 1. The minimum atomic E-state index is -1.57. The maximum atomic E-state index is 12.1. The predicted molar refractivity (Wildman–Crippen MR) is 73.7 cm³/mol. The Labute approximate surface area is 124 Å². The molecule has 0 spiro atoms. The lowest BCUT2D eigenvalue weighted by Crippen LogP contribution is -2.68. The summed E-state index contributed by atoms with van der Waals surface area (Å²) >= 11 is 6.34. The first-order valence-corrected chi connectivity index (χ1v) is 8.10. The van der Waals surface area contributed by atoms with Crippen LogP contribution in [-0.2, 0) is 20.4 Å². The number of carboxylic acids is 1. The Hall–Kier alpha value is -0.660. The standard InChI is InChI=1S/C12H18ClNO5S/c1-4-20(19)12(13)5-6-7(11(2,3)18)9(15)14(6)8(12)10(16)17/h6-8,18H,4-5H2,1-3H3,(H,16,17)/t6-,7+,8-,12?,20?/m0/s1. The molecule has 2 N–H and O–H groups in total. The molecule has 2 heterocycles. The van der Waals surface area contributed by atoms with Crippen molar-refractivity contribution in [1.82, 2.24) is 4.90 Å². The van der Waals surface area contributed by atoms with Crippen LogP contribution in [0.15, 0.2) is 0 Å². The van der Waals surface area contributed by atoms with Gasteiger partial charge in [0.05, 0.1) is 11.5 Å². The van der Waals surface area contributed by atoms with E-state index < -0.39 is 50.5 Å². The van der Waals surface area contributed by atoms with Crippen molar-refractivity contribution in [3.05, 3.63) is 0 Å². The lowest BCUT2D eigenvalue weighted by atomic mass is 9.76. The Morgan fingerprint density at radius 2 is 2.15 bits per heavy atom. The summed E-state index contributed by atoms with van der Waals surface area (Å²) in [4.78, 5) is 24.8. The number of carboxylic acid groups (broad SMARTS) is 1. The van der Waals surface area contributed by atoms with Gasteiger partial charge in [-0.15, -0.1) is 11.6 Å². The summed E-state index contributed by atoms with van der Waals surface area (Å²) in [6.07, 6.45) is 0.117. The summed E-state index contributed by atoms with van der Waals surface area (Å²) in [7, 11) is -1.57. The summed E-state index contributed by atoms with van der Waals surface area (Å²) in [6, 6.07) is -1.78. The van der Waals surface area contributed by atoms with E-state index in [2.05, 4.69) is 0 Å². The van der Waals surface area contributed by atoms with Gasteiger partial charge in [-0.25, -0.2) is 4.79 Å². The van der Waals surface area contributed by atoms with Crippen LogP contribution in [0.3, 0.4) is 0 Å². The molecule has 2 rings (SSSR count). The number of amides is 1. The fourth-order valence-electron chi connectivity index (χ4n) is 3.24. The highest BCUT2D eigenvalue weighted by Gasteiger charge is 2.69. The molecule has 8 heteroatoms. The molecule has 0 aliphatic carbocycles. The minimum Gasteiger partial charge on any atom is -0.480 e. The Bertz CT molecular complexity index is 491. The van der Waals surface area contributed by atoms with E-state index in [1.807, 2.05) is 0 Å². The minimum absolute atomic E-state index is 0.117. The Balaban J connectivity index is 2.40. The summed E-state index contributed by atoms with van der Waals surface area (Å²) in [6.45, 7) is 4.67. The second kappa shape index (κ2) is 4.68. The smallest absolute Gasteiger partial charge is 0.329 e. The molecule has 2 aliphatic rings. The van der Waals surface area contributed by atoms with E-state index in [9.17, 15) is 24.0 Å². The van der Waals surface area contributed by atoms with Crippen molar-refractivity contribution in [1.29, 1.82) is 0 Å². The van der Waals surface area contributed by atoms with Crippen LogP contribution in [0.4, 0.5) is 0 Å². The number of aliphatic hydroxyl groups is 1. The van der Waals surface area contributed by atoms with Crippen molar-refractivity contribution < 1.29 is 24.0 Å². The Morgan fingerprint density at radius 3 is 2.55 bits per heavy atom. The van der Waals surface area contributed by atoms with E-state index in [0.717, 1.165) is 0 Å². The molecule has 2 unspecified atom stereocenters. The summed E-state index contributed by atoms with van der Waals surface area (Å²) < 4.78 is 10.7. The fraction of sp³-hybridized carbons (Fsp3) is 0.833. The number of carbonyl (C=O) groups is 2. The molecule has 5 atom stereocenters. The number of aliphatic carboxylic acids is 1. The van der Waals surface area contributed by atoms with Crippen molar-refractivity contribution in [2.24, 2.45) is 5.92 Å². The molecule has 1 amide bonds. The van der Waals surface area contributed by atoms with Crippen LogP contribution in [0.2, 0.25) is 0 Å². The van der Waals surface area contributed by atoms with Gasteiger partial charge >= 0.3 is 5.97 Å². The van der Waals surface area contributed by atoms with Gasteiger partial charge in [0.2, 0.25) is 5.91 Å². The van der Waals surface area contributed by atoms with E-state index in [0.29, 0.717) is 0 Å². The third-order valence-corrected chi connectivity index (χ3v) is 6.62. The van der Waals surface area contributed by atoms with Crippen LogP contribution in [0.25, 0.3) is 0 Å². The van der Waals surface area contributed by atoms with Crippen molar-refractivity contribution in [2.75, 3.05) is 5.75 Å². The second-order valence-corrected chi connectivity index (χ2v) is 8.70. The third-order valence-electron chi connectivity index (χ3n) is 4.07. The van der Waals surface area contributed by atoms with Crippen LogP contribution in [0, 0.1) is 5.92 Å². The van der Waals surface area contributed by atoms with Gasteiger partial charge in [-0.2, -0.15) is 0 Å². The topological polar surface area (TPSA) is 94.9 Å². The number of hydrogen-bond acceptors (Lipinski definition) is 4. The molecule has 0 aromatic rings. The second-order valence-electron chi connectivity index (χ2n) is 5.81. The maximum Gasteiger partial charge on any atom is 0.329 e. The molecule has 2 saturated heterocycles. The highest BCUT2D eigenvalue weighted by molar-refractivity contribution is 7.88. The van der Waals surface area contributed by atoms with Gasteiger partial charge in [-0.05, 0) is 13.8 Å². The monoisotopic (exact) mass is 323 g/mol. The average molecular weight is 324 g/mol. The molecular weight excluding hydrogens is 306 g/mol. The number of halogens is 1. The molecule has 0 bridgehead atoms. The van der Waals surface area contributed by atoms with Crippen molar-refractivity contribution in [3.8, 4) is 0 Å². The number of nitrogens with zero attached hydrogens (tertiary/aromatic N) is 1. The van der Waals surface area contributed by atoms with E-state index in [1.165, 1.54) is 18.7 Å². The van der Waals surface area contributed by atoms with Gasteiger partial charge in [0.15, 0.2) is 10.2 Å². The van der Waals surface area contributed by atoms with Crippen LogP contribution >= 0.6 is 11.6 Å². The first kappa shape index (κ1) is 15.7. The van der Waals surface area contributed by atoms with Gasteiger partial charge in [0, 0.05) is 29.0 Å². The van der Waals surface area contributed by atoms with Gasteiger partial charge in [0.25, 0.3) is 0 Å². The van der Waals surface area contributed by atoms with Crippen LogP contribution < -0.4 is 0 Å². The van der Waals surface area contributed by atoms with Crippen molar-refractivity contribution >= 4 is 34.3 Å². The summed E-state index contributed by atoms with van der Waals surface area (Å²) in [5.41, 5.74) is -1.25. The number of fused-ring (bicyclic) bond motifs is 1. The Kier molecular flexibility index (Phi) is 3.68. The average Bonchev–Trinajstić information content (AvgIpc) is 2.57. The molecule has 0 saturated carbocycles. The van der Waals surface area contributed by atoms with Crippen LogP contribution in [0.5, 0.6) is 0 Å². The summed E-state index contributed by atoms with van der Waals surface area (Å²) in [5, 5.41) is 19.4. The molecule has 0 aromatic carbocycles. The predicted octanol–water partition coefficient (Wildman–Crippen LogP) is 0.145. The van der Waals surface area contributed by atoms with Gasteiger partial charge in [-0.3, -0.25) is 9.00 Å². The highest BCUT2D eigenvalue weighted by Crippen LogP contribution is 2.52. The number of hydrogen-bond donors (Lipinski definition) is 2. The van der Waals surface area contributed by atoms with E-state index in [1.54, 1.807) is 6.92 Å². The lowest BCUT2D eigenvalue weighted by Gasteiger charge is -2.49. The molecule has 0 aromatic heterocycles. The Morgan fingerprint density at radius 1 is 1.60 bits per heavy atom. The van der Waals surface area contributed by atoms with E-state index in [4.69, 9.17) is 11.6 Å². The largest absolute Gasteiger partial charge is 0.480 e. The molecule has 6 nitrogen and oxygen atoms in total. The fourth-order valence-corrected chi connectivity index (χ4v) is 5.22. The molecule has 2 fully saturated rings. The van der Waals surface area contributed by atoms with Gasteiger partial charge < -0.3 is 15.1 Å². The first-order chi connectivity index (χ1) is 9.05. The first-order valence-electron chi connectivity index (χ1n) is 6.40. The zero-order chi connectivity index (χ0) is 15.5. The van der Waals surface area contributed by atoms with E-state index >= 15 is 0 Å². The molecule has 114 valence electrons. The van der Waals surface area contributed by atoms with Crippen molar-refractivity contribution in [2.45, 2.75) is 49.1 Å². The quantitative estimate of drug-likeness (QED) is 0.567. The molecule has 0 radical (unpaired) electrons. The van der Waals surface area contributed by atoms with E-state index in [-0.39, 0.29) is 12.2 Å². The number of carbonyl (C=O) groups excluding carboxylic acids is 1. The normalized spacial score (nSPS) is 38.4. The number of alkyl halides is 1. The molecule has 20 heavy (non-hydrogen) atoms. The highest BCUT2D eigenvalue weighted by atomic mass is 35.5. The van der Waals surface area contributed by atoms with Crippen LogP contribution in [-0.4, -0.2) is 58.8 Å². The van der Waals surface area contributed by atoms with Crippen LogP contribution in [0.1, 0.15) is 27.2 Å². The number of rotatable bonds is 4. The van der Waals surface area contributed by atoms with Gasteiger partial charge in [0.1, 0.15) is 0 Å². The summed E-state index contributed by atoms with van der Waals surface area (Å²) in [5.74, 6) is -2.17. The zero-order valence-electron chi connectivity index (χ0n) is 11.5. The SMILES string of the molecule is CCS(=O)C1(Cl)C[C@H]2[C@@H](C(C)(C)O)C(=O)N2[C@H]1C(=O)O. The lowest BCUT2D eigenvalue weighted by molar-refractivity contribution is -0.177. The molecular formula is C12H18ClNO5S. The molecule has 2 aliphatic heterocycles. The zero-order valence-corrected chi connectivity index (χ0v) is 13.1. The van der Waals surface area contributed by atoms with Crippen molar-refractivity contribution in [3.63, 3.8) is 0 Å². The third kappa shape index (κ3) is 1.98. The van der Waals surface area contributed by atoms with Gasteiger partial charge in [-0.1, -0.05) is 6.92 Å².